The lowest BCUT2D eigenvalue weighted by atomic mass is 10.2. The molecule has 3 rings (SSSR count). The minimum absolute atomic E-state index is 0.0144. The van der Waals surface area contributed by atoms with Crippen LogP contribution in [0.1, 0.15) is 60.1 Å². The molecule has 2 aliphatic rings. The van der Waals surface area contributed by atoms with Crippen LogP contribution in [0.5, 0.6) is 0 Å². The number of hydrogen-bond donors (Lipinski definition) is 1. The third kappa shape index (κ3) is 8.75. The van der Waals surface area contributed by atoms with Gasteiger partial charge in [0, 0.05) is 13.1 Å². The minimum Gasteiger partial charge on any atom is -0.412 e. The predicted molar refractivity (Wildman–Crippen MR) is 154 cm³/mol. The lowest BCUT2D eigenvalue weighted by Crippen LogP contribution is -2.44. The van der Waals surface area contributed by atoms with E-state index in [-0.39, 0.29) is 34.1 Å². The Bertz CT molecular complexity index is 928. The lowest BCUT2D eigenvalue weighted by molar-refractivity contribution is -0.128. The van der Waals surface area contributed by atoms with Gasteiger partial charge in [-0.3, -0.25) is 9.59 Å². The summed E-state index contributed by atoms with van der Waals surface area (Å²) in [4.78, 5) is 29.5. The van der Waals surface area contributed by atoms with Gasteiger partial charge in [-0.05, 0) is 64.3 Å². The van der Waals surface area contributed by atoms with E-state index < -0.39 is 16.6 Å². The van der Waals surface area contributed by atoms with E-state index in [1.54, 1.807) is 0 Å². The van der Waals surface area contributed by atoms with Gasteiger partial charge in [0.15, 0.2) is 16.6 Å². The van der Waals surface area contributed by atoms with Gasteiger partial charge >= 0.3 is 0 Å². The van der Waals surface area contributed by atoms with Crippen LogP contribution in [0.4, 0.5) is 0 Å². The Kier molecular flexibility index (Phi) is 10.2. The molecule has 36 heavy (non-hydrogen) atoms. The van der Waals surface area contributed by atoms with Crippen molar-refractivity contribution in [1.29, 1.82) is 0 Å². The fourth-order valence-electron chi connectivity index (χ4n) is 3.55. The Hall–Kier alpha value is -1.08. The average Bonchev–Trinajstić information content (AvgIpc) is 3.24. The van der Waals surface area contributed by atoms with Gasteiger partial charge in [0.25, 0.3) is 0 Å². The molecule has 3 heterocycles. The zero-order valence-electron chi connectivity index (χ0n) is 23.8. The third-order valence-electron chi connectivity index (χ3n) is 7.78. The molecule has 0 radical (unpaired) electrons. The quantitative estimate of drug-likeness (QED) is 0.327. The summed E-state index contributed by atoms with van der Waals surface area (Å²) in [5.74, 6) is 0.277. The molecule has 2 aliphatic heterocycles. The molecule has 0 aliphatic carbocycles. The molecule has 0 aromatic carbocycles. The maximum Gasteiger partial charge on any atom is 0.225 e. The topological polar surface area (TPSA) is 80.8 Å². The molecule has 0 spiro atoms. The summed E-state index contributed by atoms with van der Waals surface area (Å²) < 4.78 is 13.3. The van der Waals surface area contributed by atoms with Crippen LogP contribution in [-0.4, -0.2) is 63.6 Å². The van der Waals surface area contributed by atoms with E-state index in [4.69, 9.17) is 8.85 Å². The van der Waals surface area contributed by atoms with Gasteiger partial charge in [-0.15, -0.1) is 0 Å². The van der Waals surface area contributed by atoms with Crippen molar-refractivity contribution in [3.8, 4) is 0 Å². The summed E-state index contributed by atoms with van der Waals surface area (Å²) in [6.07, 6.45) is 1.14. The van der Waals surface area contributed by atoms with E-state index in [2.05, 4.69) is 94.0 Å². The van der Waals surface area contributed by atoms with Gasteiger partial charge in [0.2, 0.25) is 11.8 Å². The van der Waals surface area contributed by atoms with Gasteiger partial charge in [-0.2, -0.15) is 0 Å². The molecule has 2 saturated heterocycles. The molecular formula is C26H46BrN3O4Si2. The Morgan fingerprint density at radius 2 is 1.53 bits per heavy atom. The van der Waals surface area contributed by atoms with E-state index in [9.17, 15) is 9.59 Å². The van der Waals surface area contributed by atoms with Crippen molar-refractivity contribution in [2.24, 2.45) is 0 Å². The average molecular weight is 601 g/mol. The molecule has 0 unspecified atom stereocenters. The highest BCUT2D eigenvalue weighted by molar-refractivity contribution is 9.10. The molecule has 1 aromatic rings. The number of likely N-dealkylation sites (tertiary alicyclic amines) is 1. The van der Waals surface area contributed by atoms with Crippen molar-refractivity contribution >= 4 is 44.4 Å². The first-order valence-electron chi connectivity index (χ1n) is 12.8. The monoisotopic (exact) mass is 599 g/mol. The highest BCUT2D eigenvalue weighted by atomic mass is 79.9. The molecule has 2 amide bonds. The Labute approximate surface area is 228 Å². The molecule has 204 valence electrons. The Balaban J connectivity index is 0.000000281. The first-order chi connectivity index (χ1) is 16.3. The van der Waals surface area contributed by atoms with Gasteiger partial charge in [0.05, 0.1) is 37.3 Å². The maximum atomic E-state index is 12.2. The number of halogens is 1. The van der Waals surface area contributed by atoms with Crippen LogP contribution in [0.3, 0.4) is 0 Å². The second-order valence-electron chi connectivity index (χ2n) is 12.9. The fourth-order valence-corrected chi connectivity index (χ4v) is 6.63. The zero-order chi connectivity index (χ0) is 27.5. The van der Waals surface area contributed by atoms with E-state index in [1.807, 2.05) is 23.1 Å². The first-order valence-corrected chi connectivity index (χ1v) is 19.4. The normalized spacial score (nSPS) is 21.4. The van der Waals surface area contributed by atoms with Crippen LogP contribution in [0.2, 0.25) is 36.3 Å². The van der Waals surface area contributed by atoms with Gasteiger partial charge in [-0.25, -0.2) is 4.98 Å². The molecule has 2 fully saturated rings. The molecular weight excluding hydrogens is 554 g/mol. The van der Waals surface area contributed by atoms with Gasteiger partial charge < -0.3 is 19.1 Å². The summed E-state index contributed by atoms with van der Waals surface area (Å²) in [5, 5.41) is 3.18. The summed E-state index contributed by atoms with van der Waals surface area (Å²) in [5.41, 5.74) is 0.899. The van der Waals surface area contributed by atoms with E-state index >= 15 is 0 Å². The number of nitrogens with zero attached hydrogens (tertiary/aromatic N) is 2. The number of carbonyl (C=O) groups is 2. The number of rotatable bonds is 6. The van der Waals surface area contributed by atoms with Crippen LogP contribution >= 0.6 is 15.9 Å². The number of carbonyl (C=O) groups excluding carboxylic acids is 2. The number of hydrogen-bond acceptors (Lipinski definition) is 5. The molecule has 0 bridgehead atoms. The Morgan fingerprint density at radius 3 is 2.00 bits per heavy atom. The summed E-state index contributed by atoms with van der Waals surface area (Å²) >= 11 is 3.37. The van der Waals surface area contributed by atoms with Crippen molar-refractivity contribution in [3.63, 3.8) is 0 Å². The van der Waals surface area contributed by atoms with Gasteiger partial charge in [0.1, 0.15) is 4.60 Å². The van der Waals surface area contributed by atoms with Crippen LogP contribution in [0, 0.1) is 0 Å². The number of amides is 2. The lowest BCUT2D eigenvalue weighted by Gasteiger charge is -2.38. The smallest absolute Gasteiger partial charge is 0.225 e. The molecule has 0 saturated carbocycles. The summed E-state index contributed by atoms with van der Waals surface area (Å²) in [6.45, 7) is 24.1. The zero-order valence-corrected chi connectivity index (χ0v) is 27.4. The first kappa shape index (κ1) is 31.1. The van der Waals surface area contributed by atoms with Crippen molar-refractivity contribution in [1.82, 2.24) is 15.2 Å². The van der Waals surface area contributed by atoms with E-state index in [0.717, 1.165) is 10.3 Å². The van der Waals surface area contributed by atoms with Crippen LogP contribution < -0.4 is 5.32 Å². The molecule has 1 N–H and O–H groups in total. The highest BCUT2D eigenvalue weighted by Gasteiger charge is 2.42. The van der Waals surface area contributed by atoms with Gasteiger partial charge in [-0.1, -0.05) is 47.6 Å². The summed E-state index contributed by atoms with van der Waals surface area (Å²) in [7, 11) is -3.52. The largest absolute Gasteiger partial charge is 0.412 e. The van der Waals surface area contributed by atoms with E-state index in [0.29, 0.717) is 32.5 Å². The van der Waals surface area contributed by atoms with Crippen LogP contribution in [0.15, 0.2) is 22.8 Å². The fraction of sp³-hybridized carbons (Fsp3) is 0.731. The summed E-state index contributed by atoms with van der Waals surface area (Å²) in [6, 6.07) is 5.77. The number of pyridine rings is 1. The molecule has 10 heteroatoms. The molecule has 2 atom stereocenters. The Morgan fingerprint density at radius 1 is 0.972 bits per heavy atom. The molecule has 7 nitrogen and oxygen atoms in total. The van der Waals surface area contributed by atoms with E-state index in [1.165, 1.54) is 0 Å². The third-order valence-corrected chi connectivity index (χ3v) is 17.3. The van der Waals surface area contributed by atoms with Crippen molar-refractivity contribution in [2.45, 2.75) is 109 Å². The maximum absolute atomic E-state index is 12.2. The minimum atomic E-state index is -1.83. The second kappa shape index (κ2) is 11.8. The highest BCUT2D eigenvalue weighted by Crippen LogP contribution is 2.39. The van der Waals surface area contributed by atoms with Crippen molar-refractivity contribution in [2.75, 3.05) is 13.1 Å². The number of nitrogens with one attached hydrogen (secondary N) is 1. The SMILES string of the molecule is CC(C)(C)[Si](C)(C)O[C@@H]1CC(=O)N(Cc2cccc(Br)n2)C1.CC(C)(C)[Si](C)(C)O[C@H]1CNC(=O)C1. The van der Waals surface area contributed by atoms with Crippen LogP contribution in [0.25, 0.3) is 0 Å². The predicted octanol–water partition coefficient (Wildman–Crippen LogP) is 5.86. The van der Waals surface area contributed by atoms with Crippen molar-refractivity contribution in [3.05, 3.63) is 28.5 Å². The standard InChI is InChI=1S/C16H25BrN2O2Si.C10H21NO2Si/c1-16(2,3)22(4,5)21-13-9-15(20)19(11-13)10-12-7-6-8-14(17)18-12;1-10(2,3)14(4,5)13-8-6-9(12)11-7-8/h6-8,13H,9-11H2,1-5H3;8H,6-7H2,1-5H3,(H,11,12)/t13-;8-/m11/s1. The number of aromatic nitrogens is 1. The van der Waals surface area contributed by atoms with Crippen molar-refractivity contribution < 1.29 is 18.4 Å². The molecule has 1 aromatic heterocycles. The second-order valence-corrected chi connectivity index (χ2v) is 23.3. The van der Waals surface area contributed by atoms with Crippen LogP contribution in [-0.2, 0) is 25.0 Å².